The van der Waals surface area contributed by atoms with E-state index in [4.69, 9.17) is 0 Å². The second-order valence-electron chi connectivity index (χ2n) is 0.734. The van der Waals surface area contributed by atoms with E-state index in [2.05, 4.69) is 0 Å². The van der Waals surface area contributed by atoms with Gasteiger partial charge in [-0.05, 0) is 0 Å². The molecule has 0 fully saturated rings. The maximum absolute atomic E-state index is 9.87. The Kier molecular flexibility index (Phi) is 2.56. The zero-order valence-electron chi connectivity index (χ0n) is 3.39. The van der Waals surface area contributed by atoms with Crippen molar-refractivity contribution in [2.75, 3.05) is 6.26 Å². The number of hydrogen-bond donors (Lipinski definition) is 0. The van der Waals surface area contributed by atoms with Crippen molar-refractivity contribution in [3.8, 4) is 0 Å². The van der Waals surface area contributed by atoms with E-state index in [-0.39, 0.29) is 0 Å². The number of rotatable bonds is 0. The first-order valence-corrected chi connectivity index (χ1v) is 3.01. The summed E-state index contributed by atoms with van der Waals surface area (Å²) in [7, 11) is -0.698. The Hall–Kier alpha value is 0.215. The van der Waals surface area contributed by atoms with Crippen molar-refractivity contribution in [2.24, 2.45) is 0 Å². The van der Waals surface area contributed by atoms with E-state index < -0.39 is 10.2 Å². The summed E-state index contributed by atoms with van der Waals surface area (Å²) in [6, 6.07) is 0. The molecule has 0 unspecified atom stereocenters. The van der Waals surface area contributed by atoms with Gasteiger partial charge in [0.2, 0.25) is 0 Å². The van der Waals surface area contributed by atoms with Crippen LogP contribution in [0.4, 0.5) is 0 Å². The molecule has 0 saturated carbocycles. The van der Waals surface area contributed by atoms with Crippen LogP contribution in [0.3, 0.4) is 0 Å². The zero-order valence-corrected chi connectivity index (χ0v) is 4.21. The Labute approximate surface area is 34.5 Å². The van der Waals surface area contributed by atoms with E-state index in [0.717, 1.165) is 0 Å². The van der Waals surface area contributed by atoms with Crippen LogP contribution in [0.25, 0.3) is 0 Å². The zero-order chi connectivity index (χ0) is 4.28. The van der Waals surface area contributed by atoms with Crippen LogP contribution in [0.2, 0.25) is 6.82 Å². The maximum atomic E-state index is 9.87. The van der Waals surface area contributed by atoms with Crippen LogP contribution in [0, 0.1) is 0 Å². The molecule has 0 aliphatic heterocycles. The topological polar surface area (TPSA) is 17.1 Å². The predicted octanol–water partition coefficient (Wildman–Crippen LogP) is 0.247. The van der Waals surface area contributed by atoms with Crippen molar-refractivity contribution in [1.29, 1.82) is 0 Å². The van der Waals surface area contributed by atoms with Gasteiger partial charge in [0.15, 0.2) is 0 Å². The van der Waals surface area contributed by atoms with E-state index in [1.54, 1.807) is 19.2 Å². The molecule has 0 heterocycles. The van der Waals surface area contributed by atoms with Crippen LogP contribution in [0.5, 0.6) is 0 Å². The first kappa shape index (κ1) is 5.21. The van der Waals surface area contributed by atoms with E-state index in [0.29, 0.717) is 0 Å². The molecular weight excluding hydrogens is 82.9 g/mol. The molecule has 0 aromatic carbocycles. The van der Waals surface area contributed by atoms with Crippen LogP contribution in [0.1, 0.15) is 0 Å². The van der Waals surface area contributed by atoms with Crippen LogP contribution >= 0.6 is 0 Å². The van der Waals surface area contributed by atoms with Crippen molar-refractivity contribution < 1.29 is 4.21 Å². The van der Waals surface area contributed by atoms with Gasteiger partial charge < -0.3 is 0 Å². The molecule has 3 heteroatoms. The molecule has 1 nitrogen and oxygen atoms in total. The summed E-state index contributed by atoms with van der Waals surface area (Å²) in [6.45, 7) is 1.77. The molecule has 0 N–H and O–H groups in total. The van der Waals surface area contributed by atoms with Gasteiger partial charge in [0.05, 0.1) is 0 Å². The van der Waals surface area contributed by atoms with Gasteiger partial charge in [-0.2, -0.15) is 0 Å². The van der Waals surface area contributed by atoms with Crippen molar-refractivity contribution in [3.63, 3.8) is 0 Å². The van der Waals surface area contributed by atoms with E-state index >= 15 is 0 Å². The Bertz CT molecular complexity index is 81.6. The Morgan fingerprint density at radius 3 is 2.00 bits per heavy atom. The molecule has 5 heavy (non-hydrogen) atoms. The van der Waals surface area contributed by atoms with Gasteiger partial charge >= 0.3 is 33.7 Å². The second kappa shape index (κ2) is 2.45. The first-order chi connectivity index (χ1) is 2.27. The molecule has 0 amide bonds. The fraction of sp³-hybridized carbons (Fsp3) is 1.00. The van der Waals surface area contributed by atoms with Gasteiger partial charge in [-0.3, -0.25) is 0 Å². The van der Waals surface area contributed by atoms with Gasteiger partial charge in [0.25, 0.3) is 0 Å². The SMILES string of the molecule is CB=[S-](C)=O. The molecule has 0 atom stereocenters. The summed E-state index contributed by atoms with van der Waals surface area (Å²) >= 11 is 0. The van der Waals surface area contributed by atoms with Crippen LogP contribution in [0.15, 0.2) is 0 Å². The van der Waals surface area contributed by atoms with Crippen LogP contribution < -0.4 is 0 Å². The molecule has 0 aromatic rings. The summed E-state index contributed by atoms with van der Waals surface area (Å²) < 4.78 is 9.87. The quantitative estimate of drug-likeness (QED) is 0.307. The van der Waals surface area contributed by atoms with E-state index in [1.807, 2.05) is 0 Å². The molecule has 0 aliphatic carbocycles. The Balaban J connectivity index is 3.62. The fourth-order valence-corrected chi connectivity index (χ4v) is 0. The first-order valence-electron chi connectivity index (χ1n) is 1.39. The van der Waals surface area contributed by atoms with E-state index in [9.17, 15) is 4.21 Å². The third kappa shape index (κ3) is 4.21. The van der Waals surface area contributed by atoms with Crippen molar-refractivity contribution in [3.05, 3.63) is 0 Å². The minimum atomic E-state index is -0.698. The molecule has 0 rings (SSSR count). The molecule has 0 aliphatic rings. The summed E-state index contributed by atoms with van der Waals surface area (Å²) in [4.78, 5) is 0. The van der Waals surface area contributed by atoms with E-state index in [1.165, 1.54) is 0 Å². The third-order valence-corrected chi connectivity index (χ3v) is 0.996. The molecule has 0 aromatic heterocycles. The molecule has 0 bridgehead atoms. The average Bonchev–Trinajstić information content (AvgIpc) is 1.38. The van der Waals surface area contributed by atoms with Crippen LogP contribution in [-0.2, 0) is 14.4 Å². The fourth-order valence-electron chi connectivity index (χ4n) is 0. The van der Waals surface area contributed by atoms with Gasteiger partial charge in [0, 0.05) is 0 Å². The average molecular weight is 88.9 g/mol. The monoisotopic (exact) mass is 89.0 g/mol. The normalized spacial score (nSPS) is 14.0. The molecule has 30 valence electrons. The molecular formula is C2H6BOS-. The van der Waals surface area contributed by atoms with Gasteiger partial charge in [-0.25, -0.2) is 0 Å². The van der Waals surface area contributed by atoms with Gasteiger partial charge in [0.1, 0.15) is 0 Å². The van der Waals surface area contributed by atoms with Crippen molar-refractivity contribution in [2.45, 2.75) is 6.82 Å². The van der Waals surface area contributed by atoms with Gasteiger partial charge in [-0.15, -0.1) is 0 Å². The number of hydrogen-bond acceptors (Lipinski definition) is 2. The summed E-state index contributed by atoms with van der Waals surface area (Å²) in [6.07, 6.45) is 3.28. The molecule has 0 saturated heterocycles. The molecule has 0 radical (unpaired) electrons. The Morgan fingerprint density at radius 2 is 2.00 bits per heavy atom. The summed E-state index contributed by atoms with van der Waals surface area (Å²) in [5.41, 5.74) is 0. The minimum absolute atomic E-state index is 0.698. The second-order valence-corrected chi connectivity index (χ2v) is 2.20. The third-order valence-electron chi connectivity index (χ3n) is 0.332. The van der Waals surface area contributed by atoms with Crippen LogP contribution in [-0.4, -0.2) is 12.4 Å². The van der Waals surface area contributed by atoms with Crippen molar-refractivity contribution >= 4 is 16.4 Å². The van der Waals surface area contributed by atoms with Crippen molar-refractivity contribution in [1.82, 2.24) is 0 Å². The standard InChI is InChI=1S/C2H6BOS/c1-3-5(2)4/h1-2H3/q-1. The summed E-state index contributed by atoms with van der Waals surface area (Å²) in [5, 5.41) is 0. The van der Waals surface area contributed by atoms with Gasteiger partial charge in [-0.1, -0.05) is 0 Å². The Morgan fingerprint density at radius 1 is 1.80 bits per heavy atom. The molecule has 0 spiro atoms. The summed E-state index contributed by atoms with van der Waals surface area (Å²) in [5.74, 6) is 0. The predicted molar refractivity (Wildman–Crippen MR) is 25.6 cm³/mol.